The van der Waals surface area contributed by atoms with Crippen LogP contribution in [0.25, 0.3) is 5.13 Å². The van der Waals surface area contributed by atoms with Gasteiger partial charge in [-0.15, -0.1) is 11.3 Å². The summed E-state index contributed by atoms with van der Waals surface area (Å²) in [7, 11) is 0. The molecule has 2 aromatic heterocycles. The highest BCUT2D eigenvalue weighted by Crippen LogP contribution is 2.10. The van der Waals surface area contributed by atoms with Crippen LogP contribution in [-0.2, 0) is 0 Å². The van der Waals surface area contributed by atoms with Crippen LogP contribution in [-0.4, -0.2) is 19.6 Å². The minimum Gasteiger partial charge on any atom is -0.493 e. The van der Waals surface area contributed by atoms with Crippen LogP contribution >= 0.6 is 11.3 Å². The Morgan fingerprint density at radius 3 is 3.00 bits per heavy atom. The number of nitrogens with zero attached hydrogens (tertiary/aromatic N) is 2. The number of imidazole rings is 1. The quantitative estimate of drug-likeness (QED) is 0.669. The van der Waals surface area contributed by atoms with Crippen molar-refractivity contribution in [1.82, 2.24) is 14.5 Å². The lowest BCUT2D eigenvalue weighted by Gasteiger charge is -1.89. The van der Waals surface area contributed by atoms with Crippen molar-refractivity contribution in [2.45, 2.75) is 0 Å². The lowest BCUT2D eigenvalue weighted by atomic mass is 10.8. The zero-order chi connectivity index (χ0) is 8.55. The van der Waals surface area contributed by atoms with Crippen LogP contribution in [0.4, 0.5) is 0 Å². The smallest absolute Gasteiger partial charge is 0.334 e. The van der Waals surface area contributed by atoms with Crippen molar-refractivity contribution in [3.05, 3.63) is 28.3 Å². The van der Waals surface area contributed by atoms with E-state index in [1.165, 1.54) is 22.1 Å². The maximum atomic E-state index is 11.1. The average Bonchev–Trinajstić information content (AvgIpc) is 2.58. The summed E-state index contributed by atoms with van der Waals surface area (Å²) in [4.78, 5) is 17.2. The van der Waals surface area contributed by atoms with E-state index in [9.17, 15) is 4.79 Å². The van der Waals surface area contributed by atoms with Crippen molar-refractivity contribution in [2.24, 2.45) is 0 Å². The highest BCUT2D eigenvalue weighted by Gasteiger charge is 2.04. The first-order valence-electron chi connectivity index (χ1n) is 3.18. The summed E-state index contributed by atoms with van der Waals surface area (Å²) in [6.45, 7) is 0. The fraction of sp³-hybridized carbons (Fsp3) is 0. The van der Waals surface area contributed by atoms with E-state index >= 15 is 0 Å². The second-order valence-corrected chi connectivity index (χ2v) is 3.00. The zero-order valence-corrected chi connectivity index (χ0v) is 6.71. The molecule has 0 aromatic carbocycles. The number of aromatic hydroxyl groups is 1. The molecule has 0 bridgehead atoms. The molecule has 0 radical (unpaired) electrons. The summed E-state index contributed by atoms with van der Waals surface area (Å²) in [5, 5.41) is 11.2. The van der Waals surface area contributed by atoms with Crippen LogP contribution in [0.3, 0.4) is 0 Å². The number of aromatic amines is 1. The summed E-state index contributed by atoms with van der Waals surface area (Å²) < 4.78 is 1.25. The normalized spacial score (nSPS) is 10.3. The van der Waals surface area contributed by atoms with Crippen molar-refractivity contribution in [2.75, 3.05) is 0 Å². The summed E-state index contributed by atoms with van der Waals surface area (Å²) in [6, 6.07) is 0. The molecular weight excluding hydrogens is 178 g/mol. The van der Waals surface area contributed by atoms with Crippen LogP contribution in [0.1, 0.15) is 0 Å². The molecule has 2 rings (SSSR count). The van der Waals surface area contributed by atoms with Crippen LogP contribution in [0, 0.1) is 0 Å². The second kappa shape index (κ2) is 2.49. The lowest BCUT2D eigenvalue weighted by Crippen LogP contribution is -2.13. The highest BCUT2D eigenvalue weighted by atomic mass is 32.1. The van der Waals surface area contributed by atoms with E-state index in [0.29, 0.717) is 5.13 Å². The molecule has 2 N–H and O–H groups in total. The Morgan fingerprint density at radius 2 is 2.50 bits per heavy atom. The van der Waals surface area contributed by atoms with E-state index in [2.05, 4.69) is 9.97 Å². The van der Waals surface area contributed by atoms with Gasteiger partial charge < -0.3 is 5.11 Å². The monoisotopic (exact) mass is 183 g/mol. The Hall–Kier alpha value is -1.56. The van der Waals surface area contributed by atoms with E-state index in [-0.39, 0.29) is 11.6 Å². The van der Waals surface area contributed by atoms with Crippen molar-refractivity contribution in [3.63, 3.8) is 0 Å². The molecular formula is C6H5N3O2S. The SMILES string of the molecule is O=c1[nH]c(O)cn1-c1nccs1. The van der Waals surface area contributed by atoms with Gasteiger partial charge in [0.25, 0.3) is 0 Å². The van der Waals surface area contributed by atoms with Gasteiger partial charge in [-0.25, -0.2) is 14.3 Å². The molecule has 6 heteroatoms. The Bertz CT molecular complexity index is 428. The number of nitrogens with one attached hydrogen (secondary N) is 1. The maximum Gasteiger partial charge on any atom is 0.334 e. The molecule has 0 unspecified atom stereocenters. The number of hydrogen-bond donors (Lipinski definition) is 2. The maximum absolute atomic E-state index is 11.1. The van der Waals surface area contributed by atoms with Gasteiger partial charge in [-0.2, -0.15) is 0 Å². The van der Waals surface area contributed by atoms with Gasteiger partial charge in [0.15, 0.2) is 5.13 Å². The van der Waals surface area contributed by atoms with E-state index in [1.807, 2.05) is 0 Å². The van der Waals surface area contributed by atoms with Gasteiger partial charge in [-0.05, 0) is 0 Å². The molecule has 5 nitrogen and oxygen atoms in total. The molecule has 0 saturated heterocycles. The zero-order valence-electron chi connectivity index (χ0n) is 5.89. The third-order valence-corrected chi connectivity index (χ3v) is 2.10. The fourth-order valence-corrected chi connectivity index (χ4v) is 1.47. The van der Waals surface area contributed by atoms with Crippen LogP contribution in [0.15, 0.2) is 22.6 Å². The molecule has 0 aliphatic heterocycles. The van der Waals surface area contributed by atoms with E-state index in [4.69, 9.17) is 5.11 Å². The third-order valence-electron chi connectivity index (χ3n) is 1.33. The predicted octanol–water partition coefficient (Wildman–Crippen LogP) is 0.328. The van der Waals surface area contributed by atoms with E-state index in [1.54, 1.807) is 11.6 Å². The minimum absolute atomic E-state index is 0.157. The van der Waals surface area contributed by atoms with Gasteiger partial charge in [0, 0.05) is 11.6 Å². The first-order chi connectivity index (χ1) is 5.77. The molecule has 0 amide bonds. The summed E-state index contributed by atoms with van der Waals surface area (Å²) >= 11 is 1.32. The van der Waals surface area contributed by atoms with Crippen molar-refractivity contribution in [1.29, 1.82) is 0 Å². The van der Waals surface area contributed by atoms with Crippen molar-refractivity contribution in [3.8, 4) is 11.0 Å². The van der Waals surface area contributed by atoms with Crippen molar-refractivity contribution < 1.29 is 5.11 Å². The molecule has 0 aliphatic carbocycles. The second-order valence-electron chi connectivity index (χ2n) is 2.13. The minimum atomic E-state index is -0.387. The molecule has 0 fully saturated rings. The summed E-state index contributed by atoms with van der Waals surface area (Å²) in [5.41, 5.74) is -0.387. The first kappa shape index (κ1) is 7.11. The van der Waals surface area contributed by atoms with Gasteiger partial charge in [-0.1, -0.05) is 0 Å². The fourth-order valence-electron chi connectivity index (χ4n) is 0.860. The Morgan fingerprint density at radius 1 is 1.67 bits per heavy atom. The number of hydrogen-bond acceptors (Lipinski definition) is 4. The molecule has 2 heterocycles. The Kier molecular flexibility index (Phi) is 1.47. The molecule has 0 saturated carbocycles. The number of thiazole rings is 1. The summed E-state index contributed by atoms with van der Waals surface area (Å²) in [6.07, 6.45) is 2.89. The number of aromatic nitrogens is 3. The van der Waals surface area contributed by atoms with E-state index < -0.39 is 0 Å². The third kappa shape index (κ3) is 1.02. The van der Waals surface area contributed by atoms with Gasteiger partial charge in [-0.3, -0.25) is 4.98 Å². The van der Waals surface area contributed by atoms with E-state index in [0.717, 1.165) is 0 Å². The standard InChI is InChI=1S/C6H5N3O2S/c10-4-3-9(5(11)8-4)6-7-1-2-12-6/h1-3,10H,(H,8,11). The first-order valence-corrected chi connectivity index (χ1v) is 4.06. The van der Waals surface area contributed by atoms with Crippen LogP contribution < -0.4 is 5.69 Å². The van der Waals surface area contributed by atoms with Gasteiger partial charge >= 0.3 is 5.69 Å². The summed E-state index contributed by atoms with van der Waals surface area (Å²) in [5.74, 6) is -0.157. The largest absolute Gasteiger partial charge is 0.493 e. The topological polar surface area (TPSA) is 70.9 Å². The van der Waals surface area contributed by atoms with Crippen LogP contribution in [0.5, 0.6) is 5.88 Å². The predicted molar refractivity (Wildman–Crippen MR) is 43.7 cm³/mol. The lowest BCUT2D eigenvalue weighted by molar-refractivity contribution is 0.455. The number of H-pyrrole nitrogens is 1. The molecule has 0 aliphatic rings. The molecule has 12 heavy (non-hydrogen) atoms. The van der Waals surface area contributed by atoms with Crippen molar-refractivity contribution >= 4 is 11.3 Å². The Labute approximate surface area is 70.9 Å². The molecule has 0 atom stereocenters. The highest BCUT2D eigenvalue weighted by molar-refractivity contribution is 7.12. The van der Waals surface area contributed by atoms with Crippen LogP contribution in [0.2, 0.25) is 0 Å². The number of rotatable bonds is 1. The molecule has 62 valence electrons. The van der Waals surface area contributed by atoms with Gasteiger partial charge in [0.05, 0.1) is 6.20 Å². The Balaban J connectivity index is 2.61. The van der Waals surface area contributed by atoms with Gasteiger partial charge in [0.1, 0.15) is 0 Å². The molecule has 2 aromatic rings. The van der Waals surface area contributed by atoms with Gasteiger partial charge in [0.2, 0.25) is 5.88 Å². The molecule has 0 spiro atoms. The average molecular weight is 183 g/mol.